The molecule has 8 nitrogen and oxygen atoms in total. The van der Waals surface area contributed by atoms with Crippen molar-refractivity contribution in [2.24, 2.45) is 0 Å². The molecule has 234 valence electrons. The molecule has 1 fully saturated rings. The topological polar surface area (TPSA) is 72.9 Å². The Balaban J connectivity index is 1.43. The van der Waals surface area contributed by atoms with Crippen molar-refractivity contribution in [2.45, 2.75) is 39.5 Å². The lowest BCUT2D eigenvalue weighted by Crippen LogP contribution is -2.41. The highest BCUT2D eigenvalue weighted by Gasteiger charge is 2.43. The molecule has 0 unspecified atom stereocenters. The van der Waals surface area contributed by atoms with Gasteiger partial charge in [-0.3, -0.25) is 14.5 Å². The van der Waals surface area contributed by atoms with Crippen molar-refractivity contribution in [3.8, 4) is 0 Å². The maximum atomic E-state index is 14.1. The Hall–Kier alpha value is -5.76. The minimum absolute atomic E-state index is 0.0572. The van der Waals surface area contributed by atoms with Gasteiger partial charge >= 0.3 is 0 Å². The number of fused-ring (bicyclic) bond motifs is 2. The second-order valence-corrected chi connectivity index (χ2v) is 12.4. The Bertz CT molecular complexity index is 1980. The molecule has 0 saturated carbocycles. The molecule has 0 spiro atoms. The smallest absolute Gasteiger partial charge is 0.283 e. The maximum Gasteiger partial charge on any atom is 0.283 e. The number of nitrogens with zero attached hydrogens (tertiary/aromatic N) is 6. The van der Waals surface area contributed by atoms with E-state index in [0.717, 1.165) is 22.5 Å². The number of aromatic nitrogens is 2. The Morgan fingerprint density at radius 3 is 1.53 bits per heavy atom. The Morgan fingerprint density at radius 1 is 0.574 bits per heavy atom. The number of hydrazine groups is 1. The van der Waals surface area contributed by atoms with Crippen LogP contribution in [0.25, 0.3) is 11.0 Å². The summed E-state index contributed by atoms with van der Waals surface area (Å²) < 4.78 is 0. The van der Waals surface area contributed by atoms with Crippen LogP contribution in [0.4, 0.5) is 28.7 Å². The number of allylic oxidation sites excluding steroid dienone is 2. The predicted octanol–water partition coefficient (Wildman–Crippen LogP) is 8.23. The number of hydrogen-bond donors (Lipinski definition) is 0. The lowest BCUT2D eigenvalue weighted by Gasteiger charge is -2.29. The normalized spacial score (nSPS) is 15.6. The molecule has 47 heavy (non-hydrogen) atoms. The van der Waals surface area contributed by atoms with E-state index >= 15 is 0 Å². The number of hydrogen-bond acceptors (Lipinski definition) is 6. The van der Waals surface area contributed by atoms with Gasteiger partial charge in [-0.05, 0) is 71.5 Å². The molecule has 0 N–H and O–H groups in total. The van der Waals surface area contributed by atoms with E-state index in [0.29, 0.717) is 23.0 Å². The zero-order valence-corrected chi connectivity index (χ0v) is 27.1. The number of amides is 2. The third-order valence-electron chi connectivity index (χ3n) is 8.65. The summed E-state index contributed by atoms with van der Waals surface area (Å²) in [6, 6.07) is 32.7. The van der Waals surface area contributed by atoms with Crippen LogP contribution >= 0.6 is 0 Å². The van der Waals surface area contributed by atoms with E-state index in [4.69, 9.17) is 9.97 Å². The zero-order valence-electron chi connectivity index (χ0n) is 27.1. The molecule has 4 aromatic carbocycles. The first-order valence-electron chi connectivity index (χ1n) is 15.9. The molecule has 3 heterocycles. The Morgan fingerprint density at radius 2 is 1.04 bits per heavy atom. The second-order valence-electron chi connectivity index (χ2n) is 12.4. The van der Waals surface area contributed by atoms with Gasteiger partial charge in [-0.1, -0.05) is 94.4 Å². The molecule has 0 radical (unpaired) electrons. The lowest BCUT2D eigenvalue weighted by molar-refractivity contribution is -0.116. The van der Waals surface area contributed by atoms with Gasteiger partial charge in [0, 0.05) is 7.05 Å². The van der Waals surface area contributed by atoms with Gasteiger partial charge in [-0.2, -0.15) is 0 Å². The number of carbonyl (C=O) groups is 2. The third-order valence-corrected chi connectivity index (χ3v) is 8.65. The molecular formula is C39H36N6O2. The molecule has 7 rings (SSSR count). The van der Waals surface area contributed by atoms with E-state index in [1.807, 2.05) is 103 Å². The van der Waals surface area contributed by atoms with Gasteiger partial charge < -0.3 is 4.90 Å². The second kappa shape index (κ2) is 11.9. The Kier molecular flexibility index (Phi) is 7.56. The van der Waals surface area contributed by atoms with Crippen LogP contribution in [-0.2, 0) is 9.59 Å². The van der Waals surface area contributed by atoms with Gasteiger partial charge in [0.15, 0.2) is 11.6 Å². The molecule has 2 amide bonds. The highest BCUT2D eigenvalue weighted by Crippen LogP contribution is 2.48. The summed E-state index contributed by atoms with van der Waals surface area (Å²) in [5.41, 5.74) is 6.22. The fraction of sp³-hybridized carbons (Fsp3) is 0.179. The van der Waals surface area contributed by atoms with Crippen LogP contribution in [0.15, 0.2) is 127 Å². The summed E-state index contributed by atoms with van der Waals surface area (Å²) in [4.78, 5) is 42.5. The van der Waals surface area contributed by atoms with Crippen molar-refractivity contribution >= 4 is 51.5 Å². The zero-order chi connectivity index (χ0) is 32.8. The molecule has 8 heteroatoms. The van der Waals surface area contributed by atoms with Crippen molar-refractivity contribution in [3.63, 3.8) is 0 Å². The molecule has 2 aliphatic rings. The molecule has 1 saturated heterocycles. The average molecular weight is 621 g/mol. The molecule has 2 aliphatic heterocycles. The van der Waals surface area contributed by atoms with Crippen LogP contribution in [0.3, 0.4) is 0 Å². The number of para-hydroxylation sites is 5. The van der Waals surface area contributed by atoms with Crippen molar-refractivity contribution in [2.75, 3.05) is 26.9 Å². The van der Waals surface area contributed by atoms with Gasteiger partial charge in [0.2, 0.25) is 0 Å². The fourth-order valence-electron chi connectivity index (χ4n) is 6.31. The lowest BCUT2D eigenvalue weighted by atomic mass is 9.92. The molecular weight excluding hydrogens is 584 g/mol. The van der Waals surface area contributed by atoms with E-state index in [1.54, 1.807) is 6.08 Å². The molecule has 0 aliphatic carbocycles. The summed E-state index contributed by atoms with van der Waals surface area (Å²) in [6.45, 7) is 8.75. The summed E-state index contributed by atoms with van der Waals surface area (Å²) in [5, 5.41) is 2.88. The monoisotopic (exact) mass is 620 g/mol. The summed E-state index contributed by atoms with van der Waals surface area (Å²) in [6.07, 6.45) is 3.49. The molecule has 5 aromatic rings. The van der Waals surface area contributed by atoms with Crippen molar-refractivity contribution in [3.05, 3.63) is 138 Å². The SMILES string of the molecule is CC(C)c1cccc(C(C)C)c1N1/C(=C/C=C2C(=O)N(c3ccccc3)N(c3ccccc3)C2=O)N(C)c2nc3ccccc3nc21. The van der Waals surface area contributed by atoms with E-state index in [-0.39, 0.29) is 17.4 Å². The number of carbonyl (C=O) groups excluding carboxylic acids is 2. The molecule has 1 aromatic heterocycles. The van der Waals surface area contributed by atoms with Gasteiger partial charge in [0.1, 0.15) is 11.4 Å². The number of anilines is 5. The minimum atomic E-state index is -0.404. The first-order chi connectivity index (χ1) is 22.8. The first kappa shape index (κ1) is 29.9. The maximum absolute atomic E-state index is 14.1. The quantitative estimate of drug-likeness (QED) is 0.141. The number of rotatable bonds is 6. The van der Waals surface area contributed by atoms with Gasteiger partial charge in [0.05, 0.1) is 28.1 Å². The first-order valence-corrected chi connectivity index (χ1v) is 15.9. The van der Waals surface area contributed by atoms with Crippen molar-refractivity contribution < 1.29 is 9.59 Å². The molecule has 0 atom stereocenters. The van der Waals surface area contributed by atoms with E-state index < -0.39 is 11.8 Å². The van der Waals surface area contributed by atoms with Gasteiger partial charge in [-0.15, -0.1) is 0 Å². The van der Waals surface area contributed by atoms with Crippen LogP contribution in [-0.4, -0.2) is 28.8 Å². The summed E-state index contributed by atoms with van der Waals surface area (Å²) in [7, 11) is 1.95. The summed E-state index contributed by atoms with van der Waals surface area (Å²) >= 11 is 0. The third kappa shape index (κ3) is 5.02. The van der Waals surface area contributed by atoms with Crippen molar-refractivity contribution in [1.29, 1.82) is 0 Å². The van der Waals surface area contributed by atoms with Crippen LogP contribution < -0.4 is 19.8 Å². The van der Waals surface area contributed by atoms with E-state index in [9.17, 15) is 9.59 Å². The van der Waals surface area contributed by atoms with E-state index in [2.05, 4.69) is 50.8 Å². The number of benzene rings is 4. The van der Waals surface area contributed by atoms with Crippen LogP contribution in [0.1, 0.15) is 50.7 Å². The van der Waals surface area contributed by atoms with Crippen LogP contribution in [0.2, 0.25) is 0 Å². The molecule has 0 bridgehead atoms. The highest BCUT2D eigenvalue weighted by atomic mass is 16.2. The van der Waals surface area contributed by atoms with Gasteiger partial charge in [-0.25, -0.2) is 20.0 Å². The van der Waals surface area contributed by atoms with Crippen LogP contribution in [0, 0.1) is 0 Å². The Labute approximate surface area is 274 Å². The van der Waals surface area contributed by atoms with E-state index in [1.165, 1.54) is 21.1 Å². The van der Waals surface area contributed by atoms with Gasteiger partial charge in [0.25, 0.3) is 11.8 Å². The van der Waals surface area contributed by atoms with Crippen molar-refractivity contribution in [1.82, 2.24) is 9.97 Å². The highest BCUT2D eigenvalue weighted by molar-refractivity contribution is 6.36. The minimum Gasteiger partial charge on any atom is -0.312 e. The van der Waals surface area contributed by atoms with Crippen LogP contribution in [0.5, 0.6) is 0 Å². The summed E-state index contributed by atoms with van der Waals surface area (Å²) in [5.74, 6) is 1.78. The fourth-order valence-corrected chi connectivity index (χ4v) is 6.31. The predicted molar refractivity (Wildman–Crippen MR) is 189 cm³/mol. The average Bonchev–Trinajstić information content (AvgIpc) is 3.50. The largest absolute Gasteiger partial charge is 0.312 e. The standard InChI is InChI=1S/C39H36N6O2/c1-25(2)29-19-14-20-30(26(3)4)35(29)43-34(42(5)36-37(43)41-33-22-13-12-21-32(33)40-36)24-23-31-38(46)44(27-15-8-6-9-16-27)45(39(31)47)28-17-10-7-11-18-28/h6-26H,1-5H3/b34-24+.